The number of hydrogen-bond donors (Lipinski definition) is 0. The first-order valence-electron chi connectivity index (χ1n) is 4.37. The van der Waals surface area contributed by atoms with Gasteiger partial charge >= 0.3 is 0 Å². The lowest BCUT2D eigenvalue weighted by Crippen LogP contribution is -1.81. The Labute approximate surface area is 74.9 Å². The van der Waals surface area contributed by atoms with Crippen LogP contribution in [0.4, 0.5) is 0 Å². The summed E-state index contributed by atoms with van der Waals surface area (Å²) in [4.78, 5) is 0. The van der Waals surface area contributed by atoms with Crippen LogP contribution >= 0.6 is 0 Å². The van der Waals surface area contributed by atoms with Crippen LogP contribution in [0.5, 0.6) is 0 Å². The zero-order chi connectivity index (χ0) is 8.81. The predicted octanol–water partition coefficient (Wildman–Crippen LogP) is 3.70. The van der Waals surface area contributed by atoms with E-state index in [4.69, 9.17) is 0 Å². The van der Waals surface area contributed by atoms with Gasteiger partial charge in [0.1, 0.15) is 0 Å². The molecule has 0 atom stereocenters. The first-order chi connectivity index (χ1) is 5.84. The van der Waals surface area contributed by atoms with E-state index in [1.807, 2.05) is 18.2 Å². The van der Waals surface area contributed by atoms with Crippen molar-refractivity contribution >= 4 is 5.57 Å². The molecule has 0 unspecified atom stereocenters. The van der Waals surface area contributed by atoms with E-state index in [1.165, 1.54) is 11.1 Å². The molecule has 1 aromatic carbocycles. The second-order valence-corrected chi connectivity index (χ2v) is 2.93. The summed E-state index contributed by atoms with van der Waals surface area (Å²) in [6.07, 6.45) is 3.19. The van der Waals surface area contributed by atoms with Gasteiger partial charge in [0.15, 0.2) is 0 Å². The molecule has 0 bridgehead atoms. The molecule has 0 spiro atoms. The molecular weight excluding hydrogens is 144 g/mol. The van der Waals surface area contributed by atoms with Crippen LogP contribution in [0.1, 0.15) is 24.8 Å². The van der Waals surface area contributed by atoms with E-state index in [0.29, 0.717) is 0 Å². The molecule has 0 aliphatic heterocycles. The lowest BCUT2D eigenvalue weighted by Gasteiger charge is -2.03. The molecule has 0 saturated carbocycles. The summed E-state index contributed by atoms with van der Waals surface area (Å²) >= 11 is 0. The van der Waals surface area contributed by atoms with Crippen LogP contribution in [0.3, 0.4) is 0 Å². The predicted molar refractivity (Wildman–Crippen MR) is 54.7 cm³/mol. The summed E-state index contributed by atoms with van der Waals surface area (Å²) in [6, 6.07) is 10.3. The van der Waals surface area contributed by atoms with Crippen molar-refractivity contribution < 1.29 is 0 Å². The Hall–Kier alpha value is -1.04. The summed E-state index contributed by atoms with van der Waals surface area (Å²) in [5.41, 5.74) is 2.48. The van der Waals surface area contributed by atoms with E-state index in [2.05, 4.69) is 25.6 Å². The normalized spacial score (nSPS) is 9.75. The highest BCUT2D eigenvalue weighted by atomic mass is 14.0. The van der Waals surface area contributed by atoms with Crippen LogP contribution in [0.25, 0.3) is 5.57 Å². The summed E-state index contributed by atoms with van der Waals surface area (Å²) in [7, 11) is 0. The zero-order valence-electron chi connectivity index (χ0n) is 7.42. The van der Waals surface area contributed by atoms with Crippen LogP contribution in [0, 0.1) is 6.92 Å². The third-order valence-corrected chi connectivity index (χ3v) is 1.91. The van der Waals surface area contributed by atoms with Crippen LogP contribution in [0.15, 0.2) is 36.9 Å². The van der Waals surface area contributed by atoms with Crippen molar-refractivity contribution in [2.24, 2.45) is 0 Å². The van der Waals surface area contributed by atoms with Crippen molar-refractivity contribution in [1.29, 1.82) is 0 Å². The van der Waals surface area contributed by atoms with Gasteiger partial charge in [-0.3, -0.25) is 0 Å². The molecule has 63 valence electrons. The Bertz CT molecular complexity index is 233. The summed E-state index contributed by atoms with van der Waals surface area (Å²) < 4.78 is 0. The average molecular weight is 159 g/mol. The van der Waals surface area contributed by atoms with E-state index < -0.39 is 0 Å². The molecule has 0 amide bonds. The first-order valence-corrected chi connectivity index (χ1v) is 4.37. The lowest BCUT2D eigenvalue weighted by molar-refractivity contribution is 0.879. The average Bonchev–Trinajstić information content (AvgIpc) is 2.15. The van der Waals surface area contributed by atoms with Gasteiger partial charge in [-0.1, -0.05) is 50.3 Å². The summed E-state index contributed by atoms with van der Waals surface area (Å²) in [6.45, 7) is 7.84. The summed E-state index contributed by atoms with van der Waals surface area (Å²) in [5.74, 6) is 0. The Kier molecular flexibility index (Phi) is 3.59. The maximum absolute atomic E-state index is 4.03. The van der Waals surface area contributed by atoms with E-state index in [9.17, 15) is 0 Å². The SMILES string of the molecule is [CH2]CCCC(=C)c1ccccc1. The molecule has 0 nitrogen and oxygen atoms in total. The molecule has 0 heteroatoms. The molecule has 1 aromatic rings. The molecular formula is C12H15. The minimum Gasteiger partial charge on any atom is -0.0952 e. The Morgan fingerprint density at radius 1 is 1.17 bits per heavy atom. The monoisotopic (exact) mass is 159 g/mol. The van der Waals surface area contributed by atoms with Gasteiger partial charge in [-0.15, -0.1) is 0 Å². The molecule has 0 saturated heterocycles. The van der Waals surface area contributed by atoms with Gasteiger partial charge in [-0.2, -0.15) is 0 Å². The van der Waals surface area contributed by atoms with Crippen molar-refractivity contribution in [2.45, 2.75) is 19.3 Å². The van der Waals surface area contributed by atoms with E-state index in [1.54, 1.807) is 0 Å². The third kappa shape index (κ3) is 2.54. The zero-order valence-corrected chi connectivity index (χ0v) is 7.42. The fourth-order valence-electron chi connectivity index (χ4n) is 1.16. The van der Waals surface area contributed by atoms with Crippen molar-refractivity contribution in [3.05, 3.63) is 49.4 Å². The van der Waals surface area contributed by atoms with Gasteiger partial charge in [0.05, 0.1) is 0 Å². The molecule has 1 rings (SSSR count). The van der Waals surface area contributed by atoms with Crippen LogP contribution < -0.4 is 0 Å². The quantitative estimate of drug-likeness (QED) is 0.628. The Morgan fingerprint density at radius 2 is 1.83 bits per heavy atom. The number of allylic oxidation sites excluding steroid dienone is 1. The minimum atomic E-state index is 0.992. The number of unbranched alkanes of at least 4 members (excludes halogenated alkanes) is 1. The largest absolute Gasteiger partial charge is 0.0952 e. The van der Waals surface area contributed by atoms with Crippen LogP contribution in [0.2, 0.25) is 0 Å². The lowest BCUT2D eigenvalue weighted by atomic mass is 10.0. The van der Waals surface area contributed by atoms with Crippen molar-refractivity contribution in [3.8, 4) is 0 Å². The first kappa shape index (κ1) is 9.05. The number of rotatable bonds is 4. The van der Waals surface area contributed by atoms with E-state index in [-0.39, 0.29) is 0 Å². The smallest absolute Gasteiger partial charge is 0.0230 e. The van der Waals surface area contributed by atoms with Crippen molar-refractivity contribution in [1.82, 2.24) is 0 Å². The highest BCUT2D eigenvalue weighted by Crippen LogP contribution is 2.17. The Morgan fingerprint density at radius 3 is 2.42 bits per heavy atom. The Balaban J connectivity index is 2.54. The minimum absolute atomic E-state index is 0.992. The maximum Gasteiger partial charge on any atom is -0.0230 e. The highest BCUT2D eigenvalue weighted by molar-refractivity contribution is 5.62. The molecule has 0 fully saturated rings. The topological polar surface area (TPSA) is 0 Å². The molecule has 0 aliphatic carbocycles. The fourth-order valence-corrected chi connectivity index (χ4v) is 1.16. The second-order valence-electron chi connectivity index (χ2n) is 2.93. The van der Waals surface area contributed by atoms with Gasteiger partial charge in [-0.05, 0) is 24.0 Å². The third-order valence-electron chi connectivity index (χ3n) is 1.91. The van der Waals surface area contributed by atoms with Gasteiger partial charge < -0.3 is 0 Å². The van der Waals surface area contributed by atoms with Crippen LogP contribution in [-0.2, 0) is 0 Å². The van der Waals surface area contributed by atoms with Crippen LogP contribution in [-0.4, -0.2) is 0 Å². The molecule has 12 heavy (non-hydrogen) atoms. The van der Waals surface area contributed by atoms with Gasteiger partial charge in [0.2, 0.25) is 0 Å². The number of hydrogen-bond acceptors (Lipinski definition) is 0. The van der Waals surface area contributed by atoms with E-state index in [0.717, 1.165) is 19.3 Å². The summed E-state index contributed by atoms with van der Waals surface area (Å²) in [5, 5.41) is 0. The molecule has 0 aromatic heterocycles. The van der Waals surface area contributed by atoms with Gasteiger partial charge in [0.25, 0.3) is 0 Å². The fraction of sp³-hybridized carbons (Fsp3) is 0.250. The molecule has 1 radical (unpaired) electrons. The van der Waals surface area contributed by atoms with Crippen molar-refractivity contribution in [2.75, 3.05) is 0 Å². The maximum atomic E-state index is 4.03. The number of benzene rings is 1. The van der Waals surface area contributed by atoms with Gasteiger partial charge in [0, 0.05) is 0 Å². The van der Waals surface area contributed by atoms with Crippen molar-refractivity contribution in [3.63, 3.8) is 0 Å². The molecule has 0 heterocycles. The van der Waals surface area contributed by atoms with Gasteiger partial charge in [-0.25, -0.2) is 0 Å². The second kappa shape index (κ2) is 4.76. The standard InChI is InChI=1S/C12H15/c1-3-4-8-11(2)12-9-6-5-7-10-12/h5-7,9-10H,1-4,8H2. The highest BCUT2D eigenvalue weighted by Gasteiger charge is 1.95. The van der Waals surface area contributed by atoms with E-state index >= 15 is 0 Å². The molecule has 0 aliphatic rings. The molecule has 0 N–H and O–H groups in total.